The first-order valence-electron chi connectivity index (χ1n) is 8.04. The van der Waals surface area contributed by atoms with E-state index in [1.165, 1.54) is 6.42 Å². The molecule has 1 aromatic heterocycles. The van der Waals surface area contributed by atoms with E-state index in [1.807, 2.05) is 6.20 Å². The number of pyridine rings is 1. The Morgan fingerprint density at radius 2 is 1.77 bits per heavy atom. The van der Waals surface area contributed by atoms with Gasteiger partial charge in [-0.05, 0) is 65.2 Å². The minimum atomic E-state index is -0.379. The summed E-state index contributed by atoms with van der Waals surface area (Å²) in [6.07, 6.45) is 9.51. The summed E-state index contributed by atoms with van der Waals surface area (Å²) < 4.78 is 18.2. The Hall–Kier alpha value is -1.33. The maximum absolute atomic E-state index is 6.09. The van der Waals surface area contributed by atoms with Crippen molar-refractivity contribution >= 4 is 18.7 Å². The predicted molar refractivity (Wildman–Crippen MR) is 86.2 cm³/mol. The normalized spacial score (nSPS) is 26.5. The van der Waals surface area contributed by atoms with Crippen LogP contribution >= 0.6 is 0 Å². The molecule has 3 heterocycles. The molecule has 4 nitrogen and oxygen atoms in total. The summed E-state index contributed by atoms with van der Waals surface area (Å²) in [6, 6.07) is 2.06. The summed E-state index contributed by atoms with van der Waals surface area (Å²) in [5, 5.41) is 0. The number of hydrogen-bond acceptors (Lipinski definition) is 4. The lowest BCUT2D eigenvalue weighted by atomic mass is 9.77. The molecule has 3 aliphatic rings. The lowest BCUT2D eigenvalue weighted by Gasteiger charge is -2.41. The van der Waals surface area contributed by atoms with Crippen LogP contribution in [-0.4, -0.2) is 28.9 Å². The molecule has 0 atom stereocenters. The Kier molecular flexibility index (Phi) is 2.83. The van der Waals surface area contributed by atoms with Crippen LogP contribution in [0.5, 0.6) is 5.88 Å². The van der Waals surface area contributed by atoms with Gasteiger partial charge in [-0.2, -0.15) is 0 Å². The molecule has 116 valence electrons. The number of aromatic nitrogens is 1. The van der Waals surface area contributed by atoms with Crippen molar-refractivity contribution < 1.29 is 14.0 Å². The van der Waals surface area contributed by atoms with E-state index < -0.39 is 0 Å². The van der Waals surface area contributed by atoms with Gasteiger partial charge >= 0.3 is 7.12 Å². The fourth-order valence-electron chi connectivity index (χ4n) is 3.06. The molecule has 2 fully saturated rings. The van der Waals surface area contributed by atoms with Crippen LogP contribution in [0.4, 0.5) is 0 Å². The fraction of sp³-hybridized carbons (Fsp3) is 0.588. The molecule has 2 aliphatic heterocycles. The lowest BCUT2D eigenvalue weighted by Crippen LogP contribution is -2.43. The Balaban J connectivity index is 1.61. The van der Waals surface area contributed by atoms with Crippen molar-refractivity contribution in [3.05, 3.63) is 23.9 Å². The molecule has 1 saturated heterocycles. The smallest absolute Gasteiger partial charge is 0.466 e. The molecular weight excluding hydrogens is 277 g/mol. The van der Waals surface area contributed by atoms with Crippen molar-refractivity contribution in [2.75, 3.05) is 0 Å². The highest BCUT2D eigenvalue weighted by atomic mass is 16.7. The highest BCUT2D eigenvalue weighted by molar-refractivity contribution is 6.62. The molecule has 1 saturated carbocycles. The average Bonchev–Trinajstić information content (AvgIpc) is 2.64. The van der Waals surface area contributed by atoms with E-state index in [1.54, 1.807) is 0 Å². The van der Waals surface area contributed by atoms with Crippen molar-refractivity contribution in [3.63, 3.8) is 0 Å². The molecule has 0 N–H and O–H groups in total. The molecule has 1 spiro atoms. The Labute approximate surface area is 132 Å². The monoisotopic (exact) mass is 299 g/mol. The Morgan fingerprint density at radius 1 is 1.09 bits per heavy atom. The molecule has 0 amide bonds. The van der Waals surface area contributed by atoms with Crippen molar-refractivity contribution in [2.45, 2.75) is 63.8 Å². The third kappa shape index (κ3) is 2.03. The molecule has 1 aliphatic carbocycles. The second kappa shape index (κ2) is 4.36. The Morgan fingerprint density at radius 3 is 2.36 bits per heavy atom. The van der Waals surface area contributed by atoms with Crippen LogP contribution in [0, 0.1) is 0 Å². The van der Waals surface area contributed by atoms with Crippen LogP contribution < -0.4 is 10.2 Å². The van der Waals surface area contributed by atoms with E-state index in [-0.39, 0.29) is 23.9 Å². The van der Waals surface area contributed by atoms with Crippen LogP contribution in [0.1, 0.15) is 52.5 Å². The van der Waals surface area contributed by atoms with Gasteiger partial charge in [0.05, 0.1) is 11.2 Å². The highest BCUT2D eigenvalue weighted by Gasteiger charge is 2.52. The zero-order chi connectivity index (χ0) is 15.6. The lowest BCUT2D eigenvalue weighted by molar-refractivity contribution is 0.00578. The largest absolute Gasteiger partial charge is 0.496 e. The Bertz CT molecular complexity index is 633. The zero-order valence-electron chi connectivity index (χ0n) is 13.7. The number of fused-ring (bicyclic) bond motifs is 1. The van der Waals surface area contributed by atoms with Gasteiger partial charge in [0.2, 0.25) is 5.88 Å². The topological polar surface area (TPSA) is 40.6 Å². The second-order valence-corrected chi connectivity index (χ2v) is 7.61. The summed E-state index contributed by atoms with van der Waals surface area (Å²) in [5.74, 6) is 0.725. The molecule has 1 aromatic rings. The van der Waals surface area contributed by atoms with Gasteiger partial charge in [-0.25, -0.2) is 4.98 Å². The van der Waals surface area contributed by atoms with Gasteiger partial charge in [0, 0.05) is 17.2 Å². The number of nitrogens with zero attached hydrogens (tertiary/aromatic N) is 1. The maximum Gasteiger partial charge on any atom is 0.496 e. The van der Waals surface area contributed by atoms with Crippen LogP contribution in [0.15, 0.2) is 18.3 Å². The number of rotatable bonds is 1. The number of ether oxygens (including phenoxy) is 1. The molecule has 22 heavy (non-hydrogen) atoms. The fourth-order valence-corrected chi connectivity index (χ4v) is 3.06. The van der Waals surface area contributed by atoms with Crippen LogP contribution in [0.2, 0.25) is 0 Å². The summed E-state index contributed by atoms with van der Waals surface area (Å²) in [4.78, 5) is 4.50. The predicted octanol–water partition coefficient (Wildman–Crippen LogP) is 2.71. The van der Waals surface area contributed by atoms with Gasteiger partial charge in [0.25, 0.3) is 0 Å². The molecule has 0 aromatic carbocycles. The van der Waals surface area contributed by atoms with Gasteiger partial charge in [-0.15, -0.1) is 0 Å². The molecule has 4 rings (SSSR count). The van der Waals surface area contributed by atoms with E-state index in [0.29, 0.717) is 0 Å². The second-order valence-electron chi connectivity index (χ2n) is 7.61. The minimum Gasteiger partial charge on any atom is -0.466 e. The first kappa shape index (κ1) is 14.3. The first-order chi connectivity index (χ1) is 10.3. The molecule has 0 bridgehead atoms. The van der Waals surface area contributed by atoms with Gasteiger partial charge in [-0.1, -0.05) is 0 Å². The third-order valence-corrected chi connectivity index (χ3v) is 5.49. The summed E-state index contributed by atoms with van der Waals surface area (Å²) in [6.45, 7) is 8.23. The average molecular weight is 299 g/mol. The third-order valence-electron chi connectivity index (χ3n) is 5.49. The first-order valence-corrected chi connectivity index (χ1v) is 8.04. The van der Waals surface area contributed by atoms with Crippen molar-refractivity contribution in [3.8, 4) is 5.88 Å². The summed E-state index contributed by atoms with van der Waals surface area (Å²) in [5.41, 5.74) is 1.18. The quantitative estimate of drug-likeness (QED) is 0.748. The molecular formula is C17H22BNO3. The SMILES string of the molecule is CC1(C)OB(c2cnc3c(c2)C=CC2(CCC2)O3)OC1(C)C. The minimum absolute atomic E-state index is 0.0914. The molecule has 0 unspecified atom stereocenters. The van der Waals surface area contributed by atoms with Gasteiger partial charge in [0.15, 0.2) is 0 Å². The van der Waals surface area contributed by atoms with Crippen LogP contribution in [0.3, 0.4) is 0 Å². The van der Waals surface area contributed by atoms with E-state index in [9.17, 15) is 0 Å². The van der Waals surface area contributed by atoms with E-state index in [4.69, 9.17) is 14.0 Å². The van der Waals surface area contributed by atoms with Crippen molar-refractivity contribution in [2.24, 2.45) is 0 Å². The van der Waals surface area contributed by atoms with Crippen molar-refractivity contribution in [1.82, 2.24) is 4.98 Å². The zero-order valence-corrected chi connectivity index (χ0v) is 13.7. The van der Waals surface area contributed by atoms with E-state index in [2.05, 4.69) is 50.9 Å². The van der Waals surface area contributed by atoms with Crippen molar-refractivity contribution in [1.29, 1.82) is 0 Å². The highest BCUT2D eigenvalue weighted by Crippen LogP contribution is 2.42. The summed E-state index contributed by atoms with van der Waals surface area (Å²) in [7, 11) is -0.379. The number of hydrogen-bond donors (Lipinski definition) is 0. The maximum atomic E-state index is 6.09. The van der Waals surface area contributed by atoms with Crippen LogP contribution in [-0.2, 0) is 9.31 Å². The van der Waals surface area contributed by atoms with Gasteiger partial charge < -0.3 is 14.0 Å². The van der Waals surface area contributed by atoms with E-state index in [0.717, 1.165) is 29.7 Å². The molecule has 0 radical (unpaired) electrons. The van der Waals surface area contributed by atoms with Gasteiger partial charge in [0.1, 0.15) is 5.60 Å². The van der Waals surface area contributed by atoms with Gasteiger partial charge in [-0.3, -0.25) is 0 Å². The standard InChI is InChI=1S/C17H22BNO3/c1-15(2)16(3,4)22-18(21-15)13-10-12-6-9-17(7-5-8-17)20-14(12)19-11-13/h6,9-11H,5,7-8H2,1-4H3. The van der Waals surface area contributed by atoms with E-state index >= 15 is 0 Å². The molecule has 5 heteroatoms. The van der Waals surface area contributed by atoms with Crippen LogP contribution in [0.25, 0.3) is 6.08 Å². The summed E-state index contributed by atoms with van der Waals surface area (Å²) >= 11 is 0.